The fourth-order valence-corrected chi connectivity index (χ4v) is 2.46. The molecule has 2 heterocycles. The van der Waals surface area contributed by atoms with Crippen LogP contribution in [0.2, 0.25) is 0 Å². The highest BCUT2D eigenvalue weighted by atomic mass is 16.2. The van der Waals surface area contributed by atoms with E-state index < -0.39 is 17.7 Å². The number of imide groups is 1. The van der Waals surface area contributed by atoms with E-state index in [4.69, 9.17) is 0 Å². The molecule has 3 amide bonds. The highest BCUT2D eigenvalue weighted by Crippen LogP contribution is 2.21. The third-order valence-electron chi connectivity index (χ3n) is 3.70. The Kier molecular flexibility index (Phi) is 3.65. The van der Waals surface area contributed by atoms with Crippen LogP contribution in [0.25, 0.3) is 0 Å². The predicted molar refractivity (Wildman–Crippen MR) is 84.1 cm³/mol. The number of rotatable bonds is 3. The lowest BCUT2D eigenvalue weighted by molar-refractivity contribution is -0.116. The summed E-state index contributed by atoms with van der Waals surface area (Å²) in [5, 5.41) is 2.74. The molecule has 0 spiro atoms. The number of pyridine rings is 1. The van der Waals surface area contributed by atoms with Crippen molar-refractivity contribution in [2.45, 2.75) is 13.8 Å². The van der Waals surface area contributed by atoms with Gasteiger partial charge in [0, 0.05) is 11.9 Å². The van der Waals surface area contributed by atoms with Crippen molar-refractivity contribution in [1.82, 2.24) is 9.88 Å². The lowest BCUT2D eigenvalue weighted by Gasteiger charge is -2.14. The van der Waals surface area contributed by atoms with Crippen LogP contribution in [0.4, 0.5) is 5.69 Å². The van der Waals surface area contributed by atoms with Crippen LogP contribution in [-0.2, 0) is 4.79 Å². The maximum atomic E-state index is 12.2. The van der Waals surface area contributed by atoms with E-state index in [1.54, 1.807) is 6.07 Å². The Morgan fingerprint density at radius 1 is 1.17 bits per heavy atom. The summed E-state index contributed by atoms with van der Waals surface area (Å²) in [4.78, 5) is 41.4. The van der Waals surface area contributed by atoms with Gasteiger partial charge in [-0.15, -0.1) is 0 Å². The smallest absolute Gasteiger partial charge is 0.280 e. The summed E-state index contributed by atoms with van der Waals surface area (Å²) in [5.74, 6) is -1.45. The zero-order valence-corrected chi connectivity index (χ0v) is 12.8. The zero-order chi connectivity index (χ0) is 16.6. The lowest BCUT2D eigenvalue weighted by Crippen LogP contribution is -2.37. The van der Waals surface area contributed by atoms with Gasteiger partial charge in [-0.25, -0.2) is 0 Å². The first-order valence-electron chi connectivity index (χ1n) is 7.15. The fraction of sp³-hybridized carbons (Fsp3) is 0.176. The highest BCUT2D eigenvalue weighted by molar-refractivity contribution is 6.21. The molecule has 0 radical (unpaired) electrons. The first-order chi connectivity index (χ1) is 11.0. The van der Waals surface area contributed by atoms with Gasteiger partial charge in [0.05, 0.1) is 5.56 Å². The Balaban J connectivity index is 1.76. The number of carbonyl (C=O) groups is 3. The predicted octanol–water partition coefficient (Wildman–Crippen LogP) is 1.93. The number of fused-ring (bicyclic) bond motifs is 1. The van der Waals surface area contributed by atoms with Gasteiger partial charge in [0.2, 0.25) is 5.91 Å². The molecule has 3 rings (SSSR count). The number of aryl methyl sites for hydroxylation is 2. The summed E-state index contributed by atoms with van der Waals surface area (Å²) >= 11 is 0. The molecule has 1 aromatic carbocycles. The molecular formula is C17H15N3O3. The molecule has 1 aliphatic rings. The number of hydrogen-bond acceptors (Lipinski definition) is 4. The minimum absolute atomic E-state index is 0.0945. The summed E-state index contributed by atoms with van der Waals surface area (Å²) in [5.41, 5.74) is 2.92. The summed E-state index contributed by atoms with van der Waals surface area (Å²) in [6, 6.07) is 8.81. The second-order valence-electron chi connectivity index (χ2n) is 5.46. The molecular weight excluding hydrogens is 294 g/mol. The van der Waals surface area contributed by atoms with Crippen LogP contribution < -0.4 is 5.32 Å². The molecule has 2 aromatic rings. The van der Waals surface area contributed by atoms with Crippen molar-refractivity contribution in [1.29, 1.82) is 0 Å². The van der Waals surface area contributed by atoms with E-state index in [0.29, 0.717) is 5.69 Å². The number of nitrogens with zero attached hydrogens (tertiary/aromatic N) is 2. The SMILES string of the molecule is Cc1ccc(C)c(NC(=O)CN2C(=O)c3cccnc3C2=O)c1. The van der Waals surface area contributed by atoms with E-state index in [0.717, 1.165) is 16.0 Å². The standard InChI is InChI=1S/C17H15N3O3/c1-10-5-6-11(2)13(8-10)19-14(21)9-20-16(22)12-4-3-7-18-15(12)17(20)23/h3-8H,9H2,1-2H3,(H,19,21). The molecule has 6 nitrogen and oxygen atoms in total. The number of carbonyl (C=O) groups excluding carboxylic acids is 3. The van der Waals surface area contributed by atoms with Crippen LogP contribution in [0, 0.1) is 13.8 Å². The number of nitrogens with one attached hydrogen (secondary N) is 1. The summed E-state index contributed by atoms with van der Waals surface area (Å²) in [6.07, 6.45) is 1.45. The quantitative estimate of drug-likeness (QED) is 0.879. The van der Waals surface area contributed by atoms with Crippen LogP contribution in [0.5, 0.6) is 0 Å². The van der Waals surface area contributed by atoms with Crippen molar-refractivity contribution in [2.75, 3.05) is 11.9 Å². The minimum Gasteiger partial charge on any atom is -0.324 e. The van der Waals surface area contributed by atoms with Gasteiger partial charge < -0.3 is 5.32 Å². The van der Waals surface area contributed by atoms with E-state index in [-0.39, 0.29) is 17.8 Å². The molecule has 6 heteroatoms. The third kappa shape index (κ3) is 2.70. The van der Waals surface area contributed by atoms with Crippen LogP contribution in [-0.4, -0.2) is 34.2 Å². The third-order valence-corrected chi connectivity index (χ3v) is 3.70. The summed E-state index contributed by atoms with van der Waals surface area (Å²) in [6.45, 7) is 3.47. The van der Waals surface area contributed by atoms with Crippen molar-refractivity contribution >= 4 is 23.4 Å². The van der Waals surface area contributed by atoms with Gasteiger partial charge >= 0.3 is 0 Å². The van der Waals surface area contributed by atoms with Gasteiger partial charge in [-0.1, -0.05) is 12.1 Å². The first kappa shape index (κ1) is 14.9. The molecule has 0 atom stereocenters. The molecule has 0 bridgehead atoms. The molecule has 0 aliphatic carbocycles. The fourth-order valence-electron chi connectivity index (χ4n) is 2.46. The Morgan fingerprint density at radius 2 is 1.96 bits per heavy atom. The first-order valence-corrected chi connectivity index (χ1v) is 7.15. The molecule has 0 saturated carbocycles. The van der Waals surface area contributed by atoms with Gasteiger partial charge in [-0.05, 0) is 43.2 Å². The van der Waals surface area contributed by atoms with Gasteiger partial charge in [-0.3, -0.25) is 24.3 Å². The molecule has 1 N–H and O–H groups in total. The lowest BCUT2D eigenvalue weighted by atomic mass is 10.1. The topological polar surface area (TPSA) is 79.4 Å². The normalized spacial score (nSPS) is 13.2. The summed E-state index contributed by atoms with van der Waals surface area (Å²) < 4.78 is 0. The Bertz CT molecular complexity index is 795. The largest absolute Gasteiger partial charge is 0.324 e. The molecule has 116 valence electrons. The number of hydrogen-bond donors (Lipinski definition) is 1. The van der Waals surface area contributed by atoms with Crippen LogP contribution >= 0.6 is 0 Å². The molecule has 0 fully saturated rings. The van der Waals surface area contributed by atoms with Crippen LogP contribution in [0.1, 0.15) is 32.0 Å². The van der Waals surface area contributed by atoms with Gasteiger partial charge in [-0.2, -0.15) is 0 Å². The number of benzene rings is 1. The highest BCUT2D eigenvalue weighted by Gasteiger charge is 2.37. The van der Waals surface area contributed by atoms with Crippen LogP contribution in [0.3, 0.4) is 0 Å². The Hall–Kier alpha value is -3.02. The number of aromatic nitrogens is 1. The average Bonchev–Trinajstić information content (AvgIpc) is 2.76. The molecule has 1 aromatic heterocycles. The maximum absolute atomic E-state index is 12.2. The molecule has 0 saturated heterocycles. The van der Waals surface area contributed by atoms with Gasteiger partial charge in [0.15, 0.2) is 0 Å². The Labute approximate surface area is 133 Å². The van der Waals surface area contributed by atoms with Crippen molar-refractivity contribution in [3.05, 3.63) is 58.9 Å². The second kappa shape index (κ2) is 5.64. The van der Waals surface area contributed by atoms with E-state index in [1.165, 1.54) is 12.3 Å². The van der Waals surface area contributed by atoms with E-state index in [1.807, 2.05) is 32.0 Å². The summed E-state index contributed by atoms with van der Waals surface area (Å²) in [7, 11) is 0. The second-order valence-corrected chi connectivity index (χ2v) is 5.46. The van der Waals surface area contributed by atoms with E-state index >= 15 is 0 Å². The van der Waals surface area contributed by atoms with Crippen molar-refractivity contribution in [3.63, 3.8) is 0 Å². The van der Waals surface area contributed by atoms with Crippen LogP contribution in [0.15, 0.2) is 36.5 Å². The monoisotopic (exact) mass is 309 g/mol. The number of anilines is 1. The molecule has 23 heavy (non-hydrogen) atoms. The maximum Gasteiger partial charge on any atom is 0.280 e. The number of amides is 3. The molecule has 0 unspecified atom stereocenters. The molecule has 1 aliphatic heterocycles. The zero-order valence-electron chi connectivity index (χ0n) is 12.8. The van der Waals surface area contributed by atoms with E-state index in [9.17, 15) is 14.4 Å². The minimum atomic E-state index is -0.540. The van der Waals surface area contributed by atoms with Crippen molar-refractivity contribution in [2.24, 2.45) is 0 Å². The van der Waals surface area contributed by atoms with Crippen molar-refractivity contribution < 1.29 is 14.4 Å². The van der Waals surface area contributed by atoms with Gasteiger partial charge in [0.1, 0.15) is 12.2 Å². The van der Waals surface area contributed by atoms with Crippen molar-refractivity contribution in [3.8, 4) is 0 Å². The van der Waals surface area contributed by atoms with E-state index in [2.05, 4.69) is 10.3 Å². The average molecular weight is 309 g/mol. The Morgan fingerprint density at radius 3 is 2.70 bits per heavy atom. The van der Waals surface area contributed by atoms with Gasteiger partial charge in [0.25, 0.3) is 11.8 Å².